The Morgan fingerprint density at radius 3 is 1.44 bits per heavy atom. The van der Waals surface area contributed by atoms with Gasteiger partial charge in [0.25, 0.3) is 0 Å². The van der Waals surface area contributed by atoms with Crippen molar-refractivity contribution in [3.05, 3.63) is 88.4 Å². The Balaban J connectivity index is 1.32. The summed E-state index contributed by atoms with van der Waals surface area (Å²) < 4.78 is 0.761. The van der Waals surface area contributed by atoms with Gasteiger partial charge in [-0.05, 0) is 179 Å². The van der Waals surface area contributed by atoms with Crippen molar-refractivity contribution in [1.29, 1.82) is 16.2 Å². The van der Waals surface area contributed by atoms with Crippen molar-refractivity contribution in [1.82, 2.24) is 110 Å². The van der Waals surface area contributed by atoms with Crippen molar-refractivity contribution >= 4 is 140 Å². The van der Waals surface area contributed by atoms with E-state index in [-0.39, 0.29) is 160 Å². The average molecular weight is 2100 g/mol. The van der Waals surface area contributed by atoms with Crippen molar-refractivity contribution < 1.29 is 96.5 Å². The van der Waals surface area contributed by atoms with Crippen LogP contribution < -0.4 is 131 Å². The fourth-order valence-electron chi connectivity index (χ4n) is 16.0. The van der Waals surface area contributed by atoms with E-state index in [2.05, 4.69) is 116 Å². The van der Waals surface area contributed by atoms with Crippen molar-refractivity contribution in [2.24, 2.45) is 46.1 Å². The maximum atomic E-state index is 15.1. The monoisotopic (exact) mass is 2100 g/mol. The number of guanidine groups is 3. The quantitative estimate of drug-likeness (QED) is 0.0142. The van der Waals surface area contributed by atoms with Crippen LogP contribution >= 0.6 is 15.9 Å². The number of aromatic nitrogens is 2. The number of H-pyrrole nitrogens is 1. The van der Waals surface area contributed by atoms with Crippen LogP contribution in [0.1, 0.15) is 200 Å². The molecule has 3 heterocycles. The molecule has 3 aromatic rings. The third kappa shape index (κ3) is 43.8. The van der Waals surface area contributed by atoms with E-state index < -0.39 is 246 Å². The molecule has 0 saturated carbocycles. The number of aliphatic carboxylic acids is 1. The third-order valence-electron chi connectivity index (χ3n) is 24.0. The first kappa shape index (κ1) is 122. The molecule has 804 valence electrons. The standard InChI is InChI=1S/C93H150BrN31O20/c1-7-8-24-62(84(139)123-93(5,6)89(145)122-68(88(143)144)46-55-31-33-56(94)34-32-55)116-85(140)70-29-19-42-124(70)73(128)49-109-76(131)59(25-13-15-38-96)113-82(137)67(47-57-48-105-51-110-57)120-83(138)69(50-126)121-80(135)65(44-52(2)3)119-78(133)61(27-17-40-107-91(101)102)115-86(141)71-30-20-43-125(71)87(142)64(28-18-41-108-92(103)104)117-79(134)63(35-36-72(98)127)112-74(129)53(4)111-77(132)60(26-16-39-106-90(99)100)114-81(136)66(45-54-21-10-9-11-22-54)118-75(130)58(97)23-12-14-37-95/h9-11,21-22,31-34,48,51-53,58-71,126H,7-8,12-20,23-30,35-47,49-50,95-97H2,1-6H3,(H2,98,127)(H,105,110)(H,109,131)(H,111,132)(H,112,129)(H,113,137)(H,114,136)(H,115,141)(H,116,140)(H,117,134)(H,118,130)(H,119,133)(H,120,138)(H,121,135)(H,122,145)(H,123,139)(H,143,144)(H4,99,100,106)(H4,101,102,107)(H4,103,104,108)/t53-,58-,59-,60-,61-,62-,63-,64-,65-,66-,67-,68-,69-,70-,71-/m0/s1. The van der Waals surface area contributed by atoms with Crippen LogP contribution in [0, 0.1) is 22.1 Å². The number of amides is 17. The number of carboxylic acid groups (broad SMARTS) is 1. The number of halogens is 1. The smallest absolute Gasteiger partial charge is 0.326 e. The lowest BCUT2D eigenvalue weighted by Crippen LogP contribution is -2.62. The summed E-state index contributed by atoms with van der Waals surface area (Å²) in [6.45, 7) is 8.02. The summed E-state index contributed by atoms with van der Waals surface area (Å²) in [6, 6.07) is -5.94. The van der Waals surface area contributed by atoms with Gasteiger partial charge in [-0.25, -0.2) is 9.78 Å². The Morgan fingerprint density at radius 1 is 0.476 bits per heavy atom. The number of unbranched alkanes of at least 4 members (excludes halogenated alkanes) is 3. The summed E-state index contributed by atoms with van der Waals surface area (Å²) in [5, 5.41) is 88.3. The van der Waals surface area contributed by atoms with Crippen LogP contribution in [0.3, 0.4) is 0 Å². The minimum atomic E-state index is -1.86. The van der Waals surface area contributed by atoms with E-state index in [1.807, 2.05) is 6.92 Å². The highest BCUT2D eigenvalue weighted by Crippen LogP contribution is 2.24. The lowest BCUT2D eigenvalue weighted by molar-refractivity contribution is -0.143. The molecule has 51 nitrogen and oxygen atoms in total. The Kier molecular flexibility index (Phi) is 53.2. The third-order valence-corrected chi connectivity index (χ3v) is 24.6. The highest BCUT2D eigenvalue weighted by molar-refractivity contribution is 9.10. The number of nitrogens with one attached hydrogen (secondary N) is 21. The lowest BCUT2D eigenvalue weighted by Gasteiger charge is -2.31. The molecule has 0 unspecified atom stereocenters. The first-order valence-electron chi connectivity index (χ1n) is 48.9. The molecule has 0 radical (unpaired) electrons. The number of carbonyl (C=O) groups is 18. The van der Waals surface area contributed by atoms with Crippen LogP contribution in [-0.2, 0) is 106 Å². The molecule has 1 aromatic heterocycles. The van der Waals surface area contributed by atoms with E-state index in [0.29, 0.717) is 56.2 Å². The second-order valence-corrected chi connectivity index (χ2v) is 37.8. The molecule has 2 aromatic carbocycles. The molecule has 2 fully saturated rings. The number of imidazole rings is 1. The van der Waals surface area contributed by atoms with Gasteiger partial charge in [0.05, 0.1) is 31.2 Å². The number of rotatable bonds is 66. The molecule has 15 atom stereocenters. The highest BCUT2D eigenvalue weighted by Gasteiger charge is 2.44. The topological polar surface area (TPSA) is 841 Å². The van der Waals surface area contributed by atoms with Crippen LogP contribution in [0.15, 0.2) is 71.6 Å². The predicted octanol–water partition coefficient (Wildman–Crippen LogP) is -6.02. The Labute approximate surface area is 850 Å². The van der Waals surface area contributed by atoms with Crippen molar-refractivity contribution in [3.8, 4) is 0 Å². The maximum absolute atomic E-state index is 15.1. The van der Waals surface area contributed by atoms with Crippen molar-refractivity contribution in [2.75, 3.05) is 59.0 Å². The number of primary amides is 1. The van der Waals surface area contributed by atoms with Crippen LogP contribution in [0.2, 0.25) is 0 Å². The first-order valence-corrected chi connectivity index (χ1v) is 49.7. The number of aromatic amines is 1. The largest absolute Gasteiger partial charge is 0.480 e. The Hall–Kier alpha value is -13.8. The highest BCUT2D eigenvalue weighted by atomic mass is 79.9. The molecule has 0 bridgehead atoms. The van der Waals surface area contributed by atoms with Gasteiger partial charge in [0.1, 0.15) is 90.1 Å². The second kappa shape index (κ2) is 63.4. The van der Waals surface area contributed by atoms with Gasteiger partial charge in [-0.1, -0.05) is 98.4 Å². The van der Waals surface area contributed by atoms with E-state index in [0.717, 1.165) is 9.37 Å². The number of nitrogens with zero attached hydrogens (tertiary/aromatic N) is 3. The molecule has 37 N–H and O–H groups in total. The summed E-state index contributed by atoms with van der Waals surface area (Å²) in [5.41, 5.74) is 39.8. The summed E-state index contributed by atoms with van der Waals surface area (Å²) >= 11 is 3.34. The van der Waals surface area contributed by atoms with Gasteiger partial charge >= 0.3 is 5.97 Å². The summed E-state index contributed by atoms with van der Waals surface area (Å²) in [6.07, 6.45) is 4.57. The molecule has 2 saturated heterocycles. The van der Waals surface area contributed by atoms with E-state index in [9.17, 15) is 91.7 Å². The number of carboxylic acids is 1. The number of benzene rings is 2. The number of likely N-dealkylation sites (tertiary alicyclic amines) is 2. The minimum absolute atomic E-state index is 0.0109. The van der Waals surface area contributed by atoms with Crippen LogP contribution in [0.25, 0.3) is 0 Å². The molecule has 52 heteroatoms. The molecule has 5 rings (SSSR count). The van der Waals surface area contributed by atoms with E-state index in [1.54, 1.807) is 68.4 Å². The van der Waals surface area contributed by atoms with Gasteiger partial charge < -0.3 is 156 Å². The Bertz CT molecular complexity index is 4830. The predicted molar refractivity (Wildman–Crippen MR) is 537 cm³/mol. The summed E-state index contributed by atoms with van der Waals surface area (Å²) in [7, 11) is 0. The van der Waals surface area contributed by atoms with Gasteiger partial charge in [-0.3, -0.25) is 97.7 Å². The zero-order valence-corrected chi connectivity index (χ0v) is 84.7. The van der Waals surface area contributed by atoms with Gasteiger partial charge in [0, 0.05) is 69.1 Å². The number of aliphatic hydroxyl groups is 1. The summed E-state index contributed by atoms with van der Waals surface area (Å²) in [5.74, 6) is -18.0. The number of hydrogen-bond acceptors (Lipinski definition) is 26. The normalized spacial score (nSPS) is 16.0. The minimum Gasteiger partial charge on any atom is -0.480 e. The Morgan fingerprint density at radius 2 is 0.910 bits per heavy atom. The van der Waals surface area contributed by atoms with Crippen LogP contribution in [0.5, 0.6) is 0 Å². The molecule has 0 aliphatic carbocycles. The molecular weight excluding hydrogens is 1950 g/mol. The molecule has 2 aliphatic rings. The molecule has 2 aliphatic heterocycles. The SMILES string of the molecule is CCCC[C@H](NC(=O)[C@@H]1CCCN1C(=O)CNC(=O)[C@H](CCCCN)NC(=O)[C@H](Cc1c[nH]cn1)NC(=O)[C@H](CO)NC(=O)[C@H](CC(C)C)NC(=O)[C@H](CCCNC(=N)N)NC(=O)[C@@H]1CCCN1C(=O)[C@H](CCCNC(=N)N)NC(=O)[C@H](CCC(N)=O)NC(=O)[C@H](C)NC(=O)[C@H](CCCNC(=N)N)NC(=O)[C@H](Cc1ccccc1)NC(=O)[C@@H](N)CCCCN)C(=O)NC(C)(C)C(=O)N[C@@H](Cc1ccc(Br)cc1)C(=O)O. The van der Waals surface area contributed by atoms with Gasteiger partial charge in [-0.2, -0.15) is 0 Å². The average Bonchev–Trinajstić information content (AvgIpc) is 1.65. The maximum Gasteiger partial charge on any atom is 0.326 e. The summed E-state index contributed by atoms with van der Waals surface area (Å²) in [4.78, 5) is 264. The zero-order valence-electron chi connectivity index (χ0n) is 83.1. The zero-order chi connectivity index (χ0) is 108. The fraction of sp³-hybridized carbons (Fsp3) is 0.613. The molecule has 145 heavy (non-hydrogen) atoms. The van der Waals surface area contributed by atoms with E-state index in [4.69, 9.17) is 56.4 Å². The van der Waals surface area contributed by atoms with E-state index >= 15 is 4.79 Å². The van der Waals surface area contributed by atoms with Gasteiger partial charge in [0.2, 0.25) is 100 Å². The number of hydrogen-bond donors (Lipinski definition) is 30. The van der Waals surface area contributed by atoms with Crippen LogP contribution in [-0.4, -0.2) is 309 Å². The molecule has 0 spiro atoms. The van der Waals surface area contributed by atoms with Gasteiger partial charge in [0.15, 0.2) is 17.9 Å². The van der Waals surface area contributed by atoms with Crippen molar-refractivity contribution in [2.45, 2.75) is 298 Å². The van der Waals surface area contributed by atoms with Crippen molar-refractivity contribution in [3.63, 3.8) is 0 Å². The fourth-order valence-corrected chi connectivity index (χ4v) is 16.3. The van der Waals surface area contributed by atoms with Crippen LogP contribution in [0.4, 0.5) is 0 Å². The first-order chi connectivity index (χ1) is 68.8. The second-order valence-electron chi connectivity index (χ2n) is 36.8. The van der Waals surface area contributed by atoms with E-state index in [1.165, 1.54) is 38.2 Å². The lowest BCUT2D eigenvalue weighted by atomic mass is 10.00. The molecular formula is C93H150BrN31O20. The molecule has 17 amide bonds. The number of nitrogens with two attached hydrogens (primary N) is 7. The number of aliphatic hydroxyl groups excluding tert-OH is 1. The van der Waals surface area contributed by atoms with Gasteiger partial charge in [-0.15, -0.1) is 0 Å². The number of carbonyl (C=O) groups excluding carboxylic acids is 17.